The number of amides is 1. The van der Waals surface area contributed by atoms with E-state index in [1.807, 2.05) is 56.3 Å². The third-order valence-electron chi connectivity index (χ3n) is 5.35. The van der Waals surface area contributed by atoms with Crippen LogP contribution in [0.25, 0.3) is 0 Å². The van der Waals surface area contributed by atoms with Crippen LogP contribution in [0.15, 0.2) is 47.6 Å². The lowest BCUT2D eigenvalue weighted by Gasteiger charge is -2.18. The average Bonchev–Trinajstić information content (AvgIpc) is 3.21. The Balaban J connectivity index is 1.73. The lowest BCUT2D eigenvalue weighted by atomic mass is 10.1. The maximum Gasteiger partial charge on any atom is 0.234 e. The predicted molar refractivity (Wildman–Crippen MR) is 137 cm³/mol. The number of ether oxygens (including phenoxy) is 2. The monoisotopic (exact) mass is 482 g/mol. The number of anilines is 1. The molecule has 0 spiro atoms. The Morgan fingerprint density at radius 2 is 1.85 bits per heavy atom. The quantitative estimate of drug-likeness (QED) is 0.354. The predicted octanol–water partition coefficient (Wildman–Crippen LogP) is 5.68. The molecule has 1 heterocycles. The molecule has 1 aromatic heterocycles. The van der Waals surface area contributed by atoms with Crippen LogP contribution in [0.2, 0.25) is 0 Å². The number of carbonyl (C=O) groups excluding carboxylic acids is 1. The van der Waals surface area contributed by atoms with E-state index in [4.69, 9.17) is 9.47 Å². The van der Waals surface area contributed by atoms with Gasteiger partial charge in [0.1, 0.15) is 11.5 Å². The van der Waals surface area contributed by atoms with Crippen molar-refractivity contribution in [2.75, 3.05) is 18.2 Å². The number of aromatic nitrogens is 3. The van der Waals surface area contributed by atoms with E-state index in [2.05, 4.69) is 40.9 Å². The molecule has 182 valence electrons. The van der Waals surface area contributed by atoms with Gasteiger partial charge in [-0.25, -0.2) is 0 Å². The minimum absolute atomic E-state index is 0.0599. The van der Waals surface area contributed by atoms with E-state index in [9.17, 15) is 4.79 Å². The van der Waals surface area contributed by atoms with Gasteiger partial charge in [-0.3, -0.25) is 4.79 Å². The maximum atomic E-state index is 12.8. The molecule has 7 nitrogen and oxygen atoms in total. The lowest BCUT2D eigenvalue weighted by Crippen LogP contribution is -2.18. The first-order chi connectivity index (χ1) is 16.3. The van der Waals surface area contributed by atoms with Gasteiger partial charge in [-0.1, -0.05) is 56.8 Å². The largest absolute Gasteiger partial charge is 0.497 e. The minimum Gasteiger partial charge on any atom is -0.497 e. The Bertz CT molecular complexity index is 1110. The number of para-hydroxylation sites is 1. The van der Waals surface area contributed by atoms with Crippen molar-refractivity contribution in [3.8, 4) is 11.5 Å². The summed E-state index contributed by atoms with van der Waals surface area (Å²) in [6.45, 7) is 11.1. The molecule has 3 aromatic rings. The van der Waals surface area contributed by atoms with E-state index in [0.717, 1.165) is 41.4 Å². The van der Waals surface area contributed by atoms with Gasteiger partial charge >= 0.3 is 0 Å². The zero-order valence-electron chi connectivity index (χ0n) is 20.8. The molecule has 1 N–H and O–H groups in total. The van der Waals surface area contributed by atoms with Crippen molar-refractivity contribution in [3.63, 3.8) is 0 Å². The highest BCUT2D eigenvalue weighted by Crippen LogP contribution is 2.28. The second-order valence-corrected chi connectivity index (χ2v) is 9.53. The van der Waals surface area contributed by atoms with Gasteiger partial charge in [-0.15, -0.1) is 10.2 Å². The van der Waals surface area contributed by atoms with E-state index < -0.39 is 0 Å². The summed E-state index contributed by atoms with van der Waals surface area (Å²) >= 11 is 1.39. The molecule has 2 aromatic carbocycles. The van der Waals surface area contributed by atoms with E-state index >= 15 is 0 Å². The molecule has 0 aliphatic heterocycles. The summed E-state index contributed by atoms with van der Waals surface area (Å²) in [6.07, 6.45) is 0.544. The topological polar surface area (TPSA) is 78.3 Å². The number of benzene rings is 2. The molecule has 0 saturated carbocycles. The van der Waals surface area contributed by atoms with Crippen LogP contribution in [0.5, 0.6) is 11.5 Å². The summed E-state index contributed by atoms with van der Waals surface area (Å²) in [5, 5.41) is 12.6. The normalized spacial score (nSPS) is 12.0. The van der Waals surface area contributed by atoms with Gasteiger partial charge in [-0.2, -0.15) is 0 Å². The molecule has 0 fully saturated rings. The molecule has 0 aliphatic rings. The molecule has 1 amide bonds. The summed E-state index contributed by atoms with van der Waals surface area (Å²) in [4.78, 5) is 12.8. The van der Waals surface area contributed by atoms with Crippen molar-refractivity contribution < 1.29 is 14.3 Å². The second kappa shape index (κ2) is 11.9. The fourth-order valence-corrected chi connectivity index (χ4v) is 4.44. The highest BCUT2D eigenvalue weighted by Gasteiger charge is 2.21. The van der Waals surface area contributed by atoms with Gasteiger partial charge in [-0.05, 0) is 49.4 Å². The van der Waals surface area contributed by atoms with Crippen LogP contribution < -0.4 is 14.8 Å². The van der Waals surface area contributed by atoms with Gasteiger partial charge in [0.15, 0.2) is 17.1 Å². The van der Waals surface area contributed by atoms with Crippen molar-refractivity contribution in [3.05, 3.63) is 59.4 Å². The number of hydrogen-bond donors (Lipinski definition) is 1. The number of nitrogens with one attached hydrogen (secondary N) is 1. The third kappa shape index (κ3) is 6.53. The summed E-state index contributed by atoms with van der Waals surface area (Å²) in [5.41, 5.74) is 3.10. The van der Waals surface area contributed by atoms with Crippen molar-refractivity contribution in [2.45, 2.75) is 58.8 Å². The zero-order chi connectivity index (χ0) is 24.7. The fourth-order valence-electron chi connectivity index (χ4n) is 3.68. The zero-order valence-corrected chi connectivity index (χ0v) is 21.6. The highest BCUT2D eigenvalue weighted by atomic mass is 32.2. The molecular weight excluding hydrogens is 448 g/mol. The van der Waals surface area contributed by atoms with Gasteiger partial charge in [0.2, 0.25) is 5.91 Å². The van der Waals surface area contributed by atoms with Crippen molar-refractivity contribution in [1.82, 2.24) is 14.8 Å². The maximum absolute atomic E-state index is 12.8. The lowest BCUT2D eigenvalue weighted by molar-refractivity contribution is -0.113. The van der Waals surface area contributed by atoms with Gasteiger partial charge in [0.25, 0.3) is 0 Å². The van der Waals surface area contributed by atoms with Gasteiger partial charge in [0, 0.05) is 18.3 Å². The Hall–Kier alpha value is -3.00. The first-order valence-corrected chi connectivity index (χ1v) is 12.6. The number of thioether (sulfide) groups is 1. The first kappa shape index (κ1) is 25.6. The van der Waals surface area contributed by atoms with Crippen LogP contribution in [0.3, 0.4) is 0 Å². The Labute approximate surface area is 206 Å². The van der Waals surface area contributed by atoms with Crippen LogP contribution in [-0.2, 0) is 17.8 Å². The molecule has 0 aliphatic carbocycles. The van der Waals surface area contributed by atoms with Crippen LogP contribution in [-0.4, -0.2) is 33.5 Å². The molecule has 8 heteroatoms. The molecule has 1 unspecified atom stereocenters. The molecule has 34 heavy (non-hydrogen) atoms. The van der Waals surface area contributed by atoms with Gasteiger partial charge < -0.3 is 19.4 Å². The number of rotatable bonds is 11. The Morgan fingerprint density at radius 1 is 1.12 bits per heavy atom. The van der Waals surface area contributed by atoms with Crippen molar-refractivity contribution >= 4 is 23.4 Å². The summed E-state index contributed by atoms with van der Waals surface area (Å²) < 4.78 is 13.5. The first-order valence-electron chi connectivity index (χ1n) is 11.6. The van der Waals surface area contributed by atoms with Crippen LogP contribution in [0, 0.1) is 12.8 Å². The SMILES string of the molecule is CCc1cccc(C)c1NC(=O)CSc1nnc(C(C)Oc2cccc(OC)c2)n1CC(C)C. The molecular formula is C26H34N4O3S. The van der Waals surface area contributed by atoms with Crippen LogP contribution in [0.4, 0.5) is 5.69 Å². The van der Waals surface area contributed by atoms with E-state index in [1.165, 1.54) is 11.8 Å². The smallest absolute Gasteiger partial charge is 0.234 e. The minimum atomic E-state index is -0.319. The van der Waals surface area contributed by atoms with E-state index in [1.54, 1.807) is 7.11 Å². The second-order valence-electron chi connectivity index (χ2n) is 8.58. The fraction of sp³-hybridized carbons (Fsp3) is 0.423. The van der Waals surface area contributed by atoms with Crippen molar-refractivity contribution in [2.24, 2.45) is 5.92 Å². The molecule has 0 saturated heterocycles. The van der Waals surface area contributed by atoms with Crippen LogP contribution in [0.1, 0.15) is 50.8 Å². The molecule has 0 bridgehead atoms. The molecule has 1 atom stereocenters. The average molecular weight is 483 g/mol. The summed E-state index contributed by atoms with van der Waals surface area (Å²) in [5.74, 6) is 2.73. The van der Waals surface area contributed by atoms with Crippen molar-refractivity contribution in [1.29, 1.82) is 0 Å². The Morgan fingerprint density at radius 3 is 2.56 bits per heavy atom. The summed E-state index contributed by atoms with van der Waals surface area (Å²) in [7, 11) is 1.63. The van der Waals surface area contributed by atoms with E-state index in [-0.39, 0.29) is 17.8 Å². The standard InChI is InChI=1S/C26H34N4O3S/c1-7-20-11-8-10-18(4)24(20)27-23(31)16-34-26-29-28-25(30(26)15-17(2)3)19(5)33-22-13-9-12-21(14-22)32-6/h8-14,17,19H,7,15-16H2,1-6H3,(H,27,31). The third-order valence-corrected chi connectivity index (χ3v) is 6.31. The van der Waals surface area contributed by atoms with Crippen LogP contribution >= 0.6 is 11.8 Å². The van der Waals surface area contributed by atoms with E-state index in [0.29, 0.717) is 16.8 Å². The highest BCUT2D eigenvalue weighted by molar-refractivity contribution is 7.99. The number of methoxy groups -OCH3 is 1. The summed E-state index contributed by atoms with van der Waals surface area (Å²) in [6, 6.07) is 13.6. The Kier molecular flexibility index (Phi) is 8.98. The molecule has 3 rings (SSSR count). The number of nitrogens with zero attached hydrogens (tertiary/aromatic N) is 3. The number of hydrogen-bond acceptors (Lipinski definition) is 6. The number of carbonyl (C=O) groups is 1. The number of aryl methyl sites for hydroxylation is 2. The van der Waals surface area contributed by atoms with Gasteiger partial charge in [0.05, 0.1) is 12.9 Å². The molecule has 0 radical (unpaired) electrons.